The monoisotopic (exact) mass is 241 g/mol. The Morgan fingerprint density at radius 2 is 2.12 bits per heavy atom. The number of likely N-dealkylation sites (tertiary alicyclic amines) is 1. The second-order valence-electron chi connectivity index (χ2n) is 4.68. The van der Waals surface area contributed by atoms with Gasteiger partial charge in [-0.05, 0) is 26.2 Å². The minimum atomic E-state index is -0.158. The summed E-state index contributed by atoms with van der Waals surface area (Å²) in [6, 6.07) is 0. The van der Waals surface area contributed by atoms with Gasteiger partial charge in [-0.15, -0.1) is 0 Å². The molecule has 1 saturated heterocycles. The average Bonchev–Trinajstić information content (AvgIpc) is 2.37. The highest BCUT2D eigenvalue weighted by atomic mass is 16.5. The molecule has 0 radical (unpaired) electrons. The van der Waals surface area contributed by atoms with Crippen molar-refractivity contribution in [1.82, 2.24) is 4.90 Å². The van der Waals surface area contributed by atoms with Crippen molar-refractivity contribution in [3.05, 3.63) is 0 Å². The van der Waals surface area contributed by atoms with Crippen LogP contribution in [0.5, 0.6) is 0 Å². The maximum Gasteiger partial charge on any atom is 0.310 e. The number of hydrogen-bond donors (Lipinski definition) is 0. The van der Waals surface area contributed by atoms with Gasteiger partial charge < -0.3 is 9.64 Å². The van der Waals surface area contributed by atoms with Gasteiger partial charge in [-0.2, -0.15) is 0 Å². The standard InChI is InChI=1S/C13H23NO3/c1-4-10(3)12(15)14-8-6-7-11(9-14)13(16)17-5-2/h10-11H,4-9H2,1-3H3/t10?,11-/m1/s1. The Morgan fingerprint density at radius 3 is 2.71 bits per heavy atom. The number of piperidine rings is 1. The normalized spacial score (nSPS) is 22.1. The summed E-state index contributed by atoms with van der Waals surface area (Å²) in [4.78, 5) is 25.5. The second kappa shape index (κ2) is 6.62. The van der Waals surface area contributed by atoms with Crippen LogP contribution in [0.2, 0.25) is 0 Å². The van der Waals surface area contributed by atoms with Crippen molar-refractivity contribution in [1.29, 1.82) is 0 Å². The zero-order chi connectivity index (χ0) is 12.8. The van der Waals surface area contributed by atoms with Crippen molar-refractivity contribution >= 4 is 11.9 Å². The lowest BCUT2D eigenvalue weighted by atomic mass is 9.96. The lowest BCUT2D eigenvalue weighted by molar-refractivity contribution is -0.151. The SMILES string of the molecule is CCOC(=O)[C@@H]1CCCN(C(=O)C(C)CC)C1. The highest BCUT2D eigenvalue weighted by Crippen LogP contribution is 2.20. The van der Waals surface area contributed by atoms with Crippen LogP contribution in [0.4, 0.5) is 0 Å². The Kier molecular flexibility index (Phi) is 5.45. The zero-order valence-electron chi connectivity index (χ0n) is 11.1. The van der Waals surface area contributed by atoms with Gasteiger partial charge in [-0.1, -0.05) is 13.8 Å². The molecule has 1 heterocycles. The Labute approximate surface area is 103 Å². The van der Waals surface area contributed by atoms with Gasteiger partial charge in [0.1, 0.15) is 0 Å². The molecule has 1 rings (SSSR count). The zero-order valence-corrected chi connectivity index (χ0v) is 11.1. The number of esters is 1. The molecule has 0 aromatic rings. The topological polar surface area (TPSA) is 46.6 Å². The Bertz CT molecular complexity index is 278. The molecule has 1 amide bonds. The first-order valence-corrected chi connectivity index (χ1v) is 6.55. The van der Waals surface area contributed by atoms with Crippen LogP contribution in [-0.2, 0) is 14.3 Å². The predicted molar refractivity (Wildman–Crippen MR) is 65.4 cm³/mol. The molecule has 0 aliphatic carbocycles. The fourth-order valence-corrected chi connectivity index (χ4v) is 2.12. The van der Waals surface area contributed by atoms with E-state index in [1.807, 2.05) is 25.7 Å². The van der Waals surface area contributed by atoms with Crippen molar-refractivity contribution in [3.63, 3.8) is 0 Å². The fourth-order valence-electron chi connectivity index (χ4n) is 2.12. The third-order valence-electron chi connectivity index (χ3n) is 3.39. The Balaban J connectivity index is 2.54. The van der Waals surface area contributed by atoms with Crippen LogP contribution in [0.3, 0.4) is 0 Å². The van der Waals surface area contributed by atoms with E-state index in [1.54, 1.807) is 0 Å². The summed E-state index contributed by atoms with van der Waals surface area (Å²) in [5.41, 5.74) is 0. The molecule has 17 heavy (non-hydrogen) atoms. The van der Waals surface area contributed by atoms with Gasteiger partial charge in [-0.25, -0.2) is 0 Å². The molecule has 0 bridgehead atoms. The fraction of sp³-hybridized carbons (Fsp3) is 0.846. The van der Waals surface area contributed by atoms with E-state index in [0.29, 0.717) is 13.2 Å². The third kappa shape index (κ3) is 3.72. The first kappa shape index (κ1) is 14.0. The predicted octanol–water partition coefficient (Wildman–Crippen LogP) is 1.83. The first-order valence-electron chi connectivity index (χ1n) is 6.55. The Morgan fingerprint density at radius 1 is 1.41 bits per heavy atom. The highest BCUT2D eigenvalue weighted by Gasteiger charge is 2.30. The molecule has 0 spiro atoms. The molecule has 1 aliphatic rings. The summed E-state index contributed by atoms with van der Waals surface area (Å²) in [6.07, 6.45) is 2.58. The van der Waals surface area contributed by atoms with Crippen molar-refractivity contribution in [2.45, 2.75) is 40.0 Å². The lowest BCUT2D eigenvalue weighted by Gasteiger charge is -2.33. The molecule has 0 aromatic carbocycles. The van der Waals surface area contributed by atoms with E-state index < -0.39 is 0 Å². The summed E-state index contributed by atoms with van der Waals surface area (Å²) in [5, 5.41) is 0. The van der Waals surface area contributed by atoms with Crippen LogP contribution in [0.1, 0.15) is 40.0 Å². The van der Waals surface area contributed by atoms with Crippen molar-refractivity contribution in [2.75, 3.05) is 19.7 Å². The van der Waals surface area contributed by atoms with E-state index in [-0.39, 0.29) is 23.7 Å². The van der Waals surface area contributed by atoms with Crippen LogP contribution >= 0.6 is 0 Å². The quantitative estimate of drug-likeness (QED) is 0.705. The van der Waals surface area contributed by atoms with E-state index in [0.717, 1.165) is 25.8 Å². The van der Waals surface area contributed by atoms with Gasteiger partial charge in [0.15, 0.2) is 0 Å². The third-order valence-corrected chi connectivity index (χ3v) is 3.39. The van der Waals surface area contributed by atoms with Crippen LogP contribution in [0.25, 0.3) is 0 Å². The van der Waals surface area contributed by atoms with Gasteiger partial charge in [0.05, 0.1) is 12.5 Å². The number of amides is 1. The molecule has 0 aromatic heterocycles. The number of rotatable bonds is 4. The molecule has 4 nitrogen and oxygen atoms in total. The number of nitrogens with zero attached hydrogens (tertiary/aromatic N) is 1. The summed E-state index contributed by atoms with van der Waals surface area (Å²) in [7, 11) is 0. The van der Waals surface area contributed by atoms with Gasteiger partial charge in [0.25, 0.3) is 0 Å². The lowest BCUT2D eigenvalue weighted by Crippen LogP contribution is -2.44. The highest BCUT2D eigenvalue weighted by molar-refractivity contribution is 5.80. The van der Waals surface area contributed by atoms with Crippen molar-refractivity contribution in [2.24, 2.45) is 11.8 Å². The van der Waals surface area contributed by atoms with E-state index >= 15 is 0 Å². The minimum Gasteiger partial charge on any atom is -0.466 e. The van der Waals surface area contributed by atoms with Crippen molar-refractivity contribution < 1.29 is 14.3 Å². The number of hydrogen-bond acceptors (Lipinski definition) is 3. The van der Waals surface area contributed by atoms with Gasteiger partial charge in [0.2, 0.25) is 5.91 Å². The van der Waals surface area contributed by atoms with E-state index in [4.69, 9.17) is 4.74 Å². The summed E-state index contributed by atoms with van der Waals surface area (Å²) in [5.74, 6) is -0.0664. The largest absolute Gasteiger partial charge is 0.466 e. The molecule has 0 N–H and O–H groups in total. The maximum atomic E-state index is 12.0. The number of carbonyl (C=O) groups excluding carboxylic acids is 2. The second-order valence-corrected chi connectivity index (χ2v) is 4.68. The molecule has 1 unspecified atom stereocenters. The van der Waals surface area contributed by atoms with Gasteiger partial charge in [0, 0.05) is 19.0 Å². The van der Waals surface area contributed by atoms with Gasteiger partial charge >= 0.3 is 5.97 Å². The van der Waals surface area contributed by atoms with E-state index in [1.165, 1.54) is 0 Å². The summed E-state index contributed by atoms with van der Waals surface area (Å²) < 4.78 is 5.02. The minimum absolute atomic E-state index is 0.0518. The molecule has 4 heteroatoms. The van der Waals surface area contributed by atoms with Gasteiger partial charge in [-0.3, -0.25) is 9.59 Å². The van der Waals surface area contributed by atoms with Crippen molar-refractivity contribution in [3.8, 4) is 0 Å². The summed E-state index contributed by atoms with van der Waals surface area (Å²) >= 11 is 0. The molecule has 98 valence electrons. The molecular formula is C13H23NO3. The Hall–Kier alpha value is -1.06. The molecule has 0 saturated carbocycles. The van der Waals surface area contributed by atoms with Crippen LogP contribution in [0.15, 0.2) is 0 Å². The molecule has 1 aliphatic heterocycles. The first-order chi connectivity index (χ1) is 8.10. The van der Waals surface area contributed by atoms with Crippen LogP contribution in [-0.4, -0.2) is 36.5 Å². The smallest absolute Gasteiger partial charge is 0.310 e. The maximum absolute atomic E-state index is 12.0. The number of ether oxygens (including phenoxy) is 1. The summed E-state index contributed by atoms with van der Waals surface area (Å²) in [6.45, 7) is 7.48. The molecule has 1 fully saturated rings. The molecular weight excluding hydrogens is 218 g/mol. The van der Waals surface area contributed by atoms with E-state index in [9.17, 15) is 9.59 Å². The average molecular weight is 241 g/mol. The van der Waals surface area contributed by atoms with Crippen LogP contribution < -0.4 is 0 Å². The number of carbonyl (C=O) groups is 2. The van der Waals surface area contributed by atoms with Crippen LogP contribution in [0, 0.1) is 11.8 Å². The molecule has 2 atom stereocenters. The van der Waals surface area contributed by atoms with E-state index in [2.05, 4.69) is 0 Å².